The third-order valence-corrected chi connectivity index (χ3v) is 4.56. The van der Waals surface area contributed by atoms with Crippen molar-refractivity contribution < 1.29 is 9.59 Å². The first-order chi connectivity index (χ1) is 9.63. The molecule has 4 nitrogen and oxygen atoms in total. The number of Topliss-reactive ketones (excluding diaryl/α,β-unsaturated/α-hetero) is 1. The standard InChI is InChI=1S/C16H20N2O2/c1-11(19)12-5-7-15(8-6-12)17-16(20)18-9-13-3-2-4-14(13)10-18/h5-8,13-14H,2-4,9-10H2,1H3,(H,17,20). The van der Waals surface area contributed by atoms with Crippen LogP contribution in [0.3, 0.4) is 0 Å². The number of hydrogen-bond donors (Lipinski definition) is 1. The van der Waals surface area contributed by atoms with Gasteiger partial charge in [-0.3, -0.25) is 4.79 Å². The highest BCUT2D eigenvalue weighted by atomic mass is 16.2. The molecular formula is C16H20N2O2. The Balaban J connectivity index is 1.60. The maximum absolute atomic E-state index is 12.2. The normalized spacial score (nSPS) is 24.6. The molecule has 106 valence electrons. The maximum Gasteiger partial charge on any atom is 0.321 e. The number of benzene rings is 1. The summed E-state index contributed by atoms with van der Waals surface area (Å²) in [5, 5.41) is 2.91. The fourth-order valence-electron chi connectivity index (χ4n) is 3.39. The van der Waals surface area contributed by atoms with Crippen LogP contribution < -0.4 is 5.32 Å². The van der Waals surface area contributed by atoms with Gasteiger partial charge in [-0.25, -0.2) is 4.79 Å². The van der Waals surface area contributed by atoms with Crippen LogP contribution in [-0.2, 0) is 0 Å². The minimum Gasteiger partial charge on any atom is -0.324 e. The molecule has 2 atom stereocenters. The largest absolute Gasteiger partial charge is 0.324 e. The van der Waals surface area contributed by atoms with Crippen molar-refractivity contribution in [1.29, 1.82) is 0 Å². The smallest absolute Gasteiger partial charge is 0.321 e. The van der Waals surface area contributed by atoms with Gasteiger partial charge in [0, 0.05) is 24.3 Å². The van der Waals surface area contributed by atoms with Gasteiger partial charge in [-0.2, -0.15) is 0 Å². The Morgan fingerprint density at radius 3 is 2.25 bits per heavy atom. The summed E-state index contributed by atoms with van der Waals surface area (Å²) in [6.45, 7) is 3.32. The van der Waals surface area contributed by atoms with Crippen LogP contribution in [0.25, 0.3) is 0 Å². The van der Waals surface area contributed by atoms with Gasteiger partial charge in [0.25, 0.3) is 0 Å². The number of nitrogens with one attached hydrogen (secondary N) is 1. The van der Waals surface area contributed by atoms with Crippen molar-refractivity contribution in [2.24, 2.45) is 11.8 Å². The predicted octanol–water partition coefficient (Wildman–Crippen LogP) is 3.15. The Morgan fingerprint density at radius 2 is 1.70 bits per heavy atom. The van der Waals surface area contributed by atoms with Crippen molar-refractivity contribution in [2.45, 2.75) is 26.2 Å². The Hall–Kier alpha value is -1.84. The highest BCUT2D eigenvalue weighted by molar-refractivity contribution is 5.95. The lowest BCUT2D eigenvalue weighted by molar-refractivity contribution is 0.101. The van der Waals surface area contributed by atoms with Crippen LogP contribution in [0.5, 0.6) is 0 Å². The Kier molecular flexibility index (Phi) is 3.47. The van der Waals surface area contributed by atoms with E-state index in [4.69, 9.17) is 0 Å². The summed E-state index contributed by atoms with van der Waals surface area (Å²) >= 11 is 0. The predicted molar refractivity (Wildman–Crippen MR) is 77.9 cm³/mol. The number of likely N-dealkylation sites (tertiary alicyclic amines) is 1. The van der Waals surface area contributed by atoms with E-state index >= 15 is 0 Å². The number of rotatable bonds is 2. The third-order valence-electron chi connectivity index (χ3n) is 4.56. The molecule has 1 saturated heterocycles. The van der Waals surface area contributed by atoms with E-state index in [-0.39, 0.29) is 11.8 Å². The topological polar surface area (TPSA) is 49.4 Å². The number of nitrogens with zero attached hydrogens (tertiary/aromatic N) is 1. The zero-order valence-electron chi connectivity index (χ0n) is 11.8. The zero-order valence-corrected chi connectivity index (χ0v) is 11.8. The second kappa shape index (κ2) is 5.27. The highest BCUT2D eigenvalue weighted by Crippen LogP contribution is 2.37. The van der Waals surface area contributed by atoms with Gasteiger partial charge in [-0.05, 0) is 55.9 Å². The lowest BCUT2D eigenvalue weighted by Crippen LogP contribution is -2.33. The molecule has 2 unspecified atom stereocenters. The van der Waals surface area contributed by atoms with Gasteiger partial charge < -0.3 is 10.2 Å². The van der Waals surface area contributed by atoms with Crippen LogP contribution >= 0.6 is 0 Å². The Bertz CT molecular complexity index is 512. The lowest BCUT2D eigenvalue weighted by atomic mass is 10.0. The SMILES string of the molecule is CC(=O)c1ccc(NC(=O)N2CC3CCCC3C2)cc1. The van der Waals surface area contributed by atoms with Crippen molar-refractivity contribution >= 4 is 17.5 Å². The zero-order chi connectivity index (χ0) is 14.1. The number of fused-ring (bicyclic) bond motifs is 1. The molecule has 0 radical (unpaired) electrons. The average Bonchev–Trinajstić information content (AvgIpc) is 2.99. The van der Waals surface area contributed by atoms with Gasteiger partial charge in [-0.15, -0.1) is 0 Å². The molecule has 4 heteroatoms. The summed E-state index contributed by atoms with van der Waals surface area (Å²) in [5.41, 5.74) is 1.41. The van der Waals surface area contributed by atoms with E-state index in [9.17, 15) is 9.59 Å². The molecule has 0 aromatic heterocycles. The summed E-state index contributed by atoms with van der Waals surface area (Å²) < 4.78 is 0. The number of amides is 2. The van der Waals surface area contributed by atoms with E-state index in [1.165, 1.54) is 26.2 Å². The van der Waals surface area contributed by atoms with E-state index in [2.05, 4.69) is 5.32 Å². The van der Waals surface area contributed by atoms with Gasteiger partial charge in [0.1, 0.15) is 0 Å². The maximum atomic E-state index is 12.2. The van der Waals surface area contributed by atoms with E-state index in [0.29, 0.717) is 17.4 Å². The van der Waals surface area contributed by atoms with E-state index in [1.807, 2.05) is 4.90 Å². The number of ketones is 1. The molecule has 2 fully saturated rings. The van der Waals surface area contributed by atoms with Crippen molar-refractivity contribution in [3.8, 4) is 0 Å². The second-order valence-electron chi connectivity index (χ2n) is 5.92. The van der Waals surface area contributed by atoms with Gasteiger partial charge in [-0.1, -0.05) is 6.42 Å². The third kappa shape index (κ3) is 2.55. The molecule has 0 bridgehead atoms. The molecule has 3 rings (SSSR count). The van der Waals surface area contributed by atoms with Crippen molar-refractivity contribution in [3.63, 3.8) is 0 Å². The summed E-state index contributed by atoms with van der Waals surface area (Å²) in [6, 6.07) is 7.04. The fraction of sp³-hybridized carbons (Fsp3) is 0.500. The number of urea groups is 1. The Labute approximate surface area is 119 Å². The van der Waals surface area contributed by atoms with Crippen LogP contribution in [0.4, 0.5) is 10.5 Å². The second-order valence-corrected chi connectivity index (χ2v) is 5.92. The van der Waals surface area contributed by atoms with Gasteiger partial charge >= 0.3 is 6.03 Å². The van der Waals surface area contributed by atoms with Crippen LogP contribution in [-0.4, -0.2) is 29.8 Å². The highest BCUT2D eigenvalue weighted by Gasteiger charge is 2.37. The number of hydrogen-bond acceptors (Lipinski definition) is 2. The molecule has 1 N–H and O–H groups in total. The summed E-state index contributed by atoms with van der Waals surface area (Å²) in [5.74, 6) is 1.46. The van der Waals surface area contributed by atoms with Crippen LogP contribution in [0, 0.1) is 11.8 Å². The van der Waals surface area contributed by atoms with Gasteiger partial charge in [0.2, 0.25) is 0 Å². The molecular weight excluding hydrogens is 252 g/mol. The quantitative estimate of drug-likeness (QED) is 0.841. The molecule has 1 aromatic rings. The fourth-order valence-corrected chi connectivity index (χ4v) is 3.39. The number of carbonyl (C=O) groups is 2. The average molecular weight is 272 g/mol. The van der Waals surface area contributed by atoms with Gasteiger partial charge in [0.15, 0.2) is 5.78 Å². The molecule has 2 aliphatic rings. The summed E-state index contributed by atoms with van der Waals surface area (Å²) in [7, 11) is 0. The molecule has 20 heavy (non-hydrogen) atoms. The minimum absolute atomic E-state index is 0.0185. The van der Waals surface area contributed by atoms with Crippen molar-refractivity contribution in [2.75, 3.05) is 18.4 Å². The van der Waals surface area contributed by atoms with E-state index in [1.54, 1.807) is 24.3 Å². The summed E-state index contributed by atoms with van der Waals surface area (Å²) in [4.78, 5) is 25.3. The number of anilines is 1. The number of carbonyl (C=O) groups excluding carboxylic acids is 2. The van der Waals surface area contributed by atoms with Crippen molar-refractivity contribution in [1.82, 2.24) is 4.90 Å². The van der Waals surface area contributed by atoms with E-state index in [0.717, 1.165) is 18.8 Å². The molecule has 1 aromatic carbocycles. The molecule has 1 aliphatic heterocycles. The molecule has 0 spiro atoms. The lowest BCUT2D eigenvalue weighted by Gasteiger charge is -2.18. The molecule has 1 heterocycles. The monoisotopic (exact) mass is 272 g/mol. The van der Waals surface area contributed by atoms with Gasteiger partial charge in [0.05, 0.1) is 0 Å². The van der Waals surface area contributed by atoms with Crippen LogP contribution in [0.15, 0.2) is 24.3 Å². The Morgan fingerprint density at radius 1 is 1.10 bits per heavy atom. The molecule has 1 saturated carbocycles. The minimum atomic E-state index is -0.0185. The van der Waals surface area contributed by atoms with Crippen molar-refractivity contribution in [3.05, 3.63) is 29.8 Å². The molecule has 1 aliphatic carbocycles. The summed E-state index contributed by atoms with van der Waals surface area (Å²) in [6.07, 6.45) is 3.85. The van der Waals surface area contributed by atoms with Crippen LogP contribution in [0.1, 0.15) is 36.5 Å². The first-order valence-electron chi connectivity index (χ1n) is 7.30. The molecule has 2 amide bonds. The van der Waals surface area contributed by atoms with Crippen LogP contribution in [0.2, 0.25) is 0 Å². The van der Waals surface area contributed by atoms with E-state index < -0.39 is 0 Å². The first-order valence-corrected chi connectivity index (χ1v) is 7.30. The first kappa shape index (κ1) is 13.2.